The van der Waals surface area contributed by atoms with Crippen LogP contribution in [0.25, 0.3) is 16.6 Å². The zero-order valence-corrected chi connectivity index (χ0v) is 18.4. The molecule has 1 N–H and O–H groups in total. The molecule has 8 nitrogen and oxygen atoms in total. The Balaban J connectivity index is 1.28. The van der Waals surface area contributed by atoms with Crippen LogP contribution in [-0.4, -0.2) is 28.4 Å². The molecular formula is C24H19N5O3S. The molecule has 0 saturated heterocycles. The molecule has 5 aromatic rings. The molecule has 0 unspecified atom stereocenters. The molecule has 0 aliphatic carbocycles. The number of nitrogens with one attached hydrogen (secondary N) is 1. The number of hydrogen-bond acceptors (Lipinski definition) is 6. The van der Waals surface area contributed by atoms with Gasteiger partial charge >= 0.3 is 0 Å². The van der Waals surface area contributed by atoms with Gasteiger partial charge in [-0.05, 0) is 66.2 Å². The van der Waals surface area contributed by atoms with Crippen LogP contribution in [0.15, 0.2) is 96.0 Å². The molecule has 2 aromatic heterocycles. The molecule has 0 amide bonds. The van der Waals surface area contributed by atoms with Gasteiger partial charge in [-0.1, -0.05) is 30.3 Å². The van der Waals surface area contributed by atoms with E-state index in [0.717, 1.165) is 16.5 Å². The van der Waals surface area contributed by atoms with Crippen molar-refractivity contribution >= 4 is 26.5 Å². The van der Waals surface area contributed by atoms with Gasteiger partial charge in [0, 0.05) is 18.0 Å². The van der Waals surface area contributed by atoms with Crippen LogP contribution in [0.5, 0.6) is 11.6 Å². The summed E-state index contributed by atoms with van der Waals surface area (Å²) >= 11 is 0. The van der Waals surface area contributed by atoms with Crippen LogP contribution in [-0.2, 0) is 10.0 Å². The Hall–Kier alpha value is -4.24. The van der Waals surface area contributed by atoms with Crippen molar-refractivity contribution < 1.29 is 13.2 Å². The first-order valence-electron chi connectivity index (χ1n) is 10.1. The minimum Gasteiger partial charge on any atom is -0.438 e. The van der Waals surface area contributed by atoms with E-state index < -0.39 is 10.0 Å². The highest BCUT2D eigenvalue weighted by Crippen LogP contribution is 2.24. The highest BCUT2D eigenvalue weighted by molar-refractivity contribution is 7.92. The molecule has 0 bridgehead atoms. The van der Waals surface area contributed by atoms with Gasteiger partial charge in [0.2, 0.25) is 5.88 Å². The van der Waals surface area contributed by atoms with E-state index in [0.29, 0.717) is 23.1 Å². The molecule has 0 spiro atoms. The van der Waals surface area contributed by atoms with E-state index in [2.05, 4.69) is 20.0 Å². The van der Waals surface area contributed by atoms with Crippen LogP contribution in [0.2, 0.25) is 0 Å². The largest absolute Gasteiger partial charge is 0.438 e. The monoisotopic (exact) mass is 457 g/mol. The molecule has 164 valence electrons. The first-order valence-corrected chi connectivity index (χ1v) is 11.6. The number of sulfonamides is 1. The fourth-order valence-electron chi connectivity index (χ4n) is 3.29. The van der Waals surface area contributed by atoms with E-state index in [1.54, 1.807) is 65.5 Å². The van der Waals surface area contributed by atoms with Gasteiger partial charge < -0.3 is 4.74 Å². The first-order chi connectivity index (χ1) is 16.0. The van der Waals surface area contributed by atoms with Crippen molar-refractivity contribution in [2.45, 2.75) is 11.8 Å². The average molecular weight is 458 g/mol. The number of aryl methyl sites for hydroxylation is 1. The second-order valence-corrected chi connectivity index (χ2v) is 9.05. The van der Waals surface area contributed by atoms with Gasteiger partial charge in [0.05, 0.1) is 10.6 Å². The smallest absolute Gasteiger partial charge is 0.261 e. The third-order valence-corrected chi connectivity index (χ3v) is 6.32. The zero-order valence-electron chi connectivity index (χ0n) is 17.6. The molecule has 2 heterocycles. The molecule has 33 heavy (non-hydrogen) atoms. The Labute approximate surface area is 190 Å². The summed E-state index contributed by atoms with van der Waals surface area (Å²) < 4.78 is 35.5. The fraction of sp³-hybridized carbons (Fsp3) is 0.0417. The standard InChI is InChI=1S/C24H19N5O3S/c1-17-14-15-29(27-17)23-12-13-24(26-25-23)32-21-9-7-20(8-10-21)28-33(30,31)22-11-6-18-4-2-3-5-19(18)16-22/h2-16,28H,1H3. The number of rotatable bonds is 6. The van der Waals surface area contributed by atoms with Crippen molar-refractivity contribution in [3.63, 3.8) is 0 Å². The number of hydrogen-bond donors (Lipinski definition) is 1. The van der Waals surface area contributed by atoms with Crippen LogP contribution < -0.4 is 9.46 Å². The van der Waals surface area contributed by atoms with Gasteiger partial charge in [-0.25, -0.2) is 13.1 Å². The molecule has 0 saturated carbocycles. The van der Waals surface area contributed by atoms with Gasteiger partial charge in [0.15, 0.2) is 5.82 Å². The Morgan fingerprint density at radius 3 is 2.33 bits per heavy atom. The van der Waals surface area contributed by atoms with Crippen LogP contribution in [0.1, 0.15) is 5.69 Å². The first kappa shape index (κ1) is 20.7. The normalized spacial score (nSPS) is 11.4. The number of aromatic nitrogens is 4. The molecule has 0 atom stereocenters. The van der Waals surface area contributed by atoms with Crippen molar-refractivity contribution in [1.29, 1.82) is 0 Å². The zero-order chi connectivity index (χ0) is 22.8. The maximum Gasteiger partial charge on any atom is 0.261 e. The van der Waals surface area contributed by atoms with E-state index in [-0.39, 0.29) is 4.90 Å². The predicted molar refractivity (Wildman–Crippen MR) is 125 cm³/mol. The molecule has 9 heteroatoms. The lowest BCUT2D eigenvalue weighted by atomic mass is 10.1. The SMILES string of the molecule is Cc1ccn(-c2ccc(Oc3ccc(NS(=O)(=O)c4ccc5ccccc5c4)cc3)nn2)n1. The summed E-state index contributed by atoms with van der Waals surface area (Å²) in [4.78, 5) is 0.198. The number of anilines is 1. The van der Waals surface area contributed by atoms with Crippen molar-refractivity contribution in [3.05, 3.63) is 96.8 Å². The summed E-state index contributed by atoms with van der Waals surface area (Å²) in [5.74, 6) is 1.39. The number of benzene rings is 3. The maximum absolute atomic E-state index is 12.8. The van der Waals surface area contributed by atoms with Gasteiger partial charge in [-0.3, -0.25) is 4.72 Å². The fourth-order valence-corrected chi connectivity index (χ4v) is 4.39. The van der Waals surface area contributed by atoms with E-state index >= 15 is 0 Å². The Bertz CT molecular complexity index is 1530. The number of fused-ring (bicyclic) bond motifs is 1. The lowest BCUT2D eigenvalue weighted by Crippen LogP contribution is -2.12. The third kappa shape index (κ3) is 4.53. The summed E-state index contributed by atoms with van der Waals surface area (Å²) in [6.07, 6.45) is 1.80. The quantitative estimate of drug-likeness (QED) is 0.396. The van der Waals surface area contributed by atoms with Crippen molar-refractivity contribution in [2.75, 3.05) is 4.72 Å². The maximum atomic E-state index is 12.8. The predicted octanol–water partition coefficient (Wildman–Crippen LogP) is 4.72. The second kappa shape index (κ2) is 8.36. The highest BCUT2D eigenvalue weighted by Gasteiger charge is 2.15. The van der Waals surface area contributed by atoms with E-state index in [9.17, 15) is 8.42 Å². The third-order valence-electron chi connectivity index (χ3n) is 4.94. The summed E-state index contributed by atoms with van der Waals surface area (Å²) in [5.41, 5.74) is 1.31. The van der Waals surface area contributed by atoms with Crippen LogP contribution >= 0.6 is 0 Å². The molecule has 0 radical (unpaired) electrons. The van der Waals surface area contributed by atoms with Crippen LogP contribution in [0, 0.1) is 6.92 Å². The Morgan fingerprint density at radius 2 is 1.64 bits per heavy atom. The number of ether oxygens (including phenoxy) is 1. The Kier molecular flexibility index (Phi) is 5.23. The van der Waals surface area contributed by atoms with Crippen molar-refractivity contribution in [3.8, 4) is 17.4 Å². The van der Waals surface area contributed by atoms with E-state index in [1.807, 2.05) is 37.3 Å². The lowest BCUT2D eigenvalue weighted by molar-refractivity contribution is 0.454. The minimum absolute atomic E-state index is 0.198. The van der Waals surface area contributed by atoms with E-state index in [4.69, 9.17) is 4.74 Å². The molecule has 0 aliphatic rings. The van der Waals surface area contributed by atoms with Gasteiger partial charge in [0.1, 0.15) is 5.75 Å². The van der Waals surface area contributed by atoms with Gasteiger partial charge in [-0.15, -0.1) is 10.2 Å². The van der Waals surface area contributed by atoms with Gasteiger partial charge in [0.25, 0.3) is 10.0 Å². The summed E-state index contributed by atoms with van der Waals surface area (Å²) in [6, 6.07) is 24.5. The van der Waals surface area contributed by atoms with E-state index in [1.165, 1.54) is 0 Å². The summed E-state index contributed by atoms with van der Waals surface area (Å²) in [6.45, 7) is 1.90. The summed E-state index contributed by atoms with van der Waals surface area (Å²) in [5, 5.41) is 14.3. The Morgan fingerprint density at radius 1 is 0.848 bits per heavy atom. The topological polar surface area (TPSA) is 99.0 Å². The highest BCUT2D eigenvalue weighted by atomic mass is 32.2. The van der Waals surface area contributed by atoms with Crippen molar-refractivity contribution in [1.82, 2.24) is 20.0 Å². The summed E-state index contributed by atoms with van der Waals surface area (Å²) in [7, 11) is -3.73. The van der Waals surface area contributed by atoms with Crippen molar-refractivity contribution in [2.24, 2.45) is 0 Å². The number of nitrogens with zero attached hydrogens (tertiary/aromatic N) is 4. The molecule has 3 aromatic carbocycles. The molecule has 0 aliphatic heterocycles. The molecular weight excluding hydrogens is 438 g/mol. The second-order valence-electron chi connectivity index (χ2n) is 7.37. The van der Waals surface area contributed by atoms with Gasteiger partial charge in [-0.2, -0.15) is 5.10 Å². The molecule has 5 rings (SSSR count). The average Bonchev–Trinajstić information content (AvgIpc) is 3.26. The minimum atomic E-state index is -3.73. The lowest BCUT2D eigenvalue weighted by Gasteiger charge is -2.10. The van der Waals surface area contributed by atoms with Crippen LogP contribution in [0.3, 0.4) is 0 Å². The molecule has 0 fully saturated rings. The van der Waals surface area contributed by atoms with Crippen LogP contribution in [0.4, 0.5) is 5.69 Å².